The number of carbonyl (C=O) groups excluding carboxylic acids is 1. The van der Waals surface area contributed by atoms with Crippen LogP contribution in [0.4, 0.5) is 0 Å². The Morgan fingerprint density at radius 2 is 1.74 bits per heavy atom. The van der Waals surface area contributed by atoms with Crippen LogP contribution < -0.4 is 11.1 Å². The van der Waals surface area contributed by atoms with Gasteiger partial charge in [-0.3, -0.25) is 4.79 Å². The van der Waals surface area contributed by atoms with Gasteiger partial charge >= 0.3 is 0 Å². The zero-order valence-electron chi connectivity index (χ0n) is 12.4. The first-order valence-electron chi connectivity index (χ1n) is 7.09. The van der Waals surface area contributed by atoms with E-state index in [0.717, 1.165) is 5.56 Å². The first-order chi connectivity index (χ1) is 8.94. The molecule has 0 aromatic heterocycles. The van der Waals surface area contributed by atoms with E-state index in [0.29, 0.717) is 18.8 Å². The van der Waals surface area contributed by atoms with E-state index < -0.39 is 5.54 Å². The van der Waals surface area contributed by atoms with Crippen molar-refractivity contribution >= 4 is 5.91 Å². The van der Waals surface area contributed by atoms with Gasteiger partial charge in [-0.2, -0.15) is 0 Å². The van der Waals surface area contributed by atoms with E-state index in [1.54, 1.807) is 0 Å². The first kappa shape index (κ1) is 15.7. The molecule has 1 aromatic carbocycles. The van der Waals surface area contributed by atoms with E-state index in [9.17, 15) is 4.79 Å². The second kappa shape index (κ2) is 6.71. The van der Waals surface area contributed by atoms with Crippen LogP contribution in [0.25, 0.3) is 0 Å². The summed E-state index contributed by atoms with van der Waals surface area (Å²) in [6, 6.07) is 10.1. The summed E-state index contributed by atoms with van der Waals surface area (Å²) >= 11 is 0. The Labute approximate surface area is 116 Å². The Hall–Kier alpha value is -1.35. The lowest BCUT2D eigenvalue weighted by atomic mass is 9.90. The topological polar surface area (TPSA) is 55.1 Å². The highest BCUT2D eigenvalue weighted by molar-refractivity contribution is 5.86. The highest BCUT2D eigenvalue weighted by atomic mass is 16.2. The SMILES string of the molecule is CCC(N)(CC)C(=O)NC(c1ccccc1)C(C)C. The van der Waals surface area contributed by atoms with Crippen LogP contribution in [0.5, 0.6) is 0 Å². The van der Waals surface area contributed by atoms with Gasteiger partial charge in [0.2, 0.25) is 5.91 Å². The lowest BCUT2D eigenvalue weighted by Gasteiger charge is -2.30. The fraction of sp³-hybridized carbons (Fsp3) is 0.562. The summed E-state index contributed by atoms with van der Waals surface area (Å²) in [5, 5.41) is 3.11. The average Bonchev–Trinajstić information content (AvgIpc) is 2.44. The molecule has 3 heteroatoms. The Balaban J connectivity index is 2.89. The number of hydrogen-bond donors (Lipinski definition) is 2. The fourth-order valence-corrected chi connectivity index (χ4v) is 2.15. The maximum Gasteiger partial charge on any atom is 0.240 e. The molecule has 0 radical (unpaired) electrons. The molecule has 0 aliphatic carbocycles. The van der Waals surface area contributed by atoms with Gasteiger partial charge in [-0.1, -0.05) is 58.0 Å². The summed E-state index contributed by atoms with van der Waals surface area (Å²) in [6.07, 6.45) is 1.30. The summed E-state index contributed by atoms with van der Waals surface area (Å²) in [4.78, 5) is 12.4. The molecule has 0 bridgehead atoms. The molecule has 0 fully saturated rings. The second-order valence-electron chi connectivity index (χ2n) is 5.47. The Bertz CT molecular complexity index is 396. The van der Waals surface area contributed by atoms with E-state index in [1.807, 2.05) is 44.2 Å². The van der Waals surface area contributed by atoms with Gasteiger partial charge in [-0.25, -0.2) is 0 Å². The van der Waals surface area contributed by atoms with Gasteiger partial charge in [0.1, 0.15) is 0 Å². The van der Waals surface area contributed by atoms with Gasteiger partial charge < -0.3 is 11.1 Å². The number of amides is 1. The maximum absolute atomic E-state index is 12.4. The van der Waals surface area contributed by atoms with Crippen molar-refractivity contribution in [2.24, 2.45) is 11.7 Å². The monoisotopic (exact) mass is 262 g/mol. The molecule has 1 aromatic rings. The molecule has 0 spiro atoms. The van der Waals surface area contributed by atoms with Crippen molar-refractivity contribution in [1.82, 2.24) is 5.32 Å². The zero-order chi connectivity index (χ0) is 14.5. The van der Waals surface area contributed by atoms with Crippen LogP contribution in [0.15, 0.2) is 30.3 Å². The third-order valence-corrected chi connectivity index (χ3v) is 3.83. The molecule has 0 aliphatic heterocycles. The summed E-state index contributed by atoms with van der Waals surface area (Å²) < 4.78 is 0. The van der Waals surface area contributed by atoms with Crippen molar-refractivity contribution in [2.75, 3.05) is 0 Å². The van der Waals surface area contributed by atoms with Crippen LogP contribution in [0, 0.1) is 5.92 Å². The number of carbonyl (C=O) groups is 1. The van der Waals surface area contributed by atoms with Crippen molar-refractivity contribution < 1.29 is 4.79 Å². The van der Waals surface area contributed by atoms with Crippen LogP contribution in [-0.2, 0) is 4.79 Å². The van der Waals surface area contributed by atoms with Gasteiger partial charge in [-0.05, 0) is 24.3 Å². The normalized spacial score (nSPS) is 13.4. The van der Waals surface area contributed by atoms with Crippen LogP contribution in [-0.4, -0.2) is 11.4 Å². The van der Waals surface area contributed by atoms with Crippen molar-refractivity contribution in [3.05, 3.63) is 35.9 Å². The molecule has 0 saturated heterocycles. The standard InChI is InChI=1S/C16H26N2O/c1-5-16(17,6-2)15(19)18-14(12(3)4)13-10-8-7-9-11-13/h7-12,14H,5-6,17H2,1-4H3,(H,18,19). The van der Waals surface area contributed by atoms with Crippen molar-refractivity contribution in [1.29, 1.82) is 0 Å². The van der Waals surface area contributed by atoms with Crippen LogP contribution in [0.3, 0.4) is 0 Å². The number of nitrogens with one attached hydrogen (secondary N) is 1. The van der Waals surface area contributed by atoms with Crippen LogP contribution in [0.2, 0.25) is 0 Å². The van der Waals surface area contributed by atoms with E-state index >= 15 is 0 Å². The zero-order valence-corrected chi connectivity index (χ0v) is 12.4. The van der Waals surface area contributed by atoms with Gasteiger partial charge in [0.25, 0.3) is 0 Å². The van der Waals surface area contributed by atoms with Gasteiger partial charge in [0, 0.05) is 0 Å². The molecule has 1 rings (SSSR count). The first-order valence-corrected chi connectivity index (χ1v) is 7.09. The average molecular weight is 262 g/mol. The number of hydrogen-bond acceptors (Lipinski definition) is 2. The smallest absolute Gasteiger partial charge is 0.240 e. The molecule has 0 aliphatic rings. The molecule has 1 unspecified atom stereocenters. The Morgan fingerprint density at radius 1 is 1.21 bits per heavy atom. The largest absolute Gasteiger partial charge is 0.347 e. The third-order valence-electron chi connectivity index (χ3n) is 3.83. The molecule has 0 saturated carbocycles. The van der Waals surface area contributed by atoms with Crippen molar-refractivity contribution in [3.63, 3.8) is 0 Å². The summed E-state index contributed by atoms with van der Waals surface area (Å²) in [7, 11) is 0. The predicted molar refractivity (Wildman–Crippen MR) is 79.7 cm³/mol. The molecule has 1 amide bonds. The number of rotatable bonds is 6. The maximum atomic E-state index is 12.4. The van der Waals surface area contributed by atoms with E-state index in [4.69, 9.17) is 5.73 Å². The van der Waals surface area contributed by atoms with E-state index in [1.165, 1.54) is 0 Å². The van der Waals surface area contributed by atoms with Crippen LogP contribution >= 0.6 is 0 Å². The van der Waals surface area contributed by atoms with E-state index in [2.05, 4.69) is 19.2 Å². The highest BCUT2D eigenvalue weighted by Gasteiger charge is 2.32. The quantitative estimate of drug-likeness (QED) is 0.828. The molecule has 3 nitrogen and oxygen atoms in total. The van der Waals surface area contributed by atoms with Crippen molar-refractivity contribution in [2.45, 2.75) is 52.1 Å². The Kier molecular flexibility index (Phi) is 5.55. The summed E-state index contributed by atoms with van der Waals surface area (Å²) in [5.41, 5.74) is 6.52. The fourth-order valence-electron chi connectivity index (χ4n) is 2.15. The van der Waals surface area contributed by atoms with E-state index in [-0.39, 0.29) is 11.9 Å². The molecule has 1 atom stereocenters. The lowest BCUT2D eigenvalue weighted by Crippen LogP contribution is -2.54. The third kappa shape index (κ3) is 3.80. The van der Waals surface area contributed by atoms with Gasteiger partial charge in [-0.15, -0.1) is 0 Å². The number of nitrogens with two attached hydrogens (primary N) is 1. The molecular formula is C16H26N2O. The van der Waals surface area contributed by atoms with Gasteiger partial charge in [0.15, 0.2) is 0 Å². The predicted octanol–water partition coefficient (Wildman–Crippen LogP) is 3.02. The van der Waals surface area contributed by atoms with Crippen LogP contribution in [0.1, 0.15) is 52.1 Å². The molecule has 0 heterocycles. The second-order valence-corrected chi connectivity index (χ2v) is 5.47. The Morgan fingerprint density at radius 3 is 2.16 bits per heavy atom. The molecule has 106 valence electrons. The minimum Gasteiger partial charge on any atom is -0.347 e. The summed E-state index contributed by atoms with van der Waals surface area (Å²) in [6.45, 7) is 8.12. The minimum absolute atomic E-state index is 0.00900. The van der Waals surface area contributed by atoms with Gasteiger partial charge in [0.05, 0.1) is 11.6 Å². The molecular weight excluding hydrogens is 236 g/mol. The lowest BCUT2D eigenvalue weighted by molar-refractivity contribution is -0.127. The molecule has 3 N–H and O–H groups in total. The minimum atomic E-state index is -0.762. The molecule has 19 heavy (non-hydrogen) atoms. The summed E-state index contributed by atoms with van der Waals surface area (Å²) in [5.74, 6) is 0.268. The highest BCUT2D eigenvalue weighted by Crippen LogP contribution is 2.23. The van der Waals surface area contributed by atoms with Crippen molar-refractivity contribution in [3.8, 4) is 0 Å². The number of benzene rings is 1.